The van der Waals surface area contributed by atoms with E-state index in [0.717, 1.165) is 43.9 Å². The third-order valence-electron chi connectivity index (χ3n) is 4.62. The van der Waals surface area contributed by atoms with Crippen molar-refractivity contribution in [3.8, 4) is 0 Å². The molecule has 3 heterocycles. The molecule has 5 rings (SSSR count). The van der Waals surface area contributed by atoms with Crippen LogP contribution < -0.4 is 10.6 Å². The normalized spacial score (nSPS) is 11.2. The molecule has 4 N–H and O–H groups in total. The molecule has 0 saturated heterocycles. The van der Waals surface area contributed by atoms with Crippen molar-refractivity contribution in [1.82, 2.24) is 20.2 Å². The van der Waals surface area contributed by atoms with Crippen LogP contribution in [0.2, 0.25) is 0 Å². The van der Waals surface area contributed by atoms with Gasteiger partial charge in [0.05, 0.1) is 21.9 Å². The molecule has 0 fully saturated rings. The Labute approximate surface area is 170 Å². The van der Waals surface area contributed by atoms with Crippen LogP contribution in [0.5, 0.6) is 0 Å². The summed E-state index contributed by atoms with van der Waals surface area (Å²) in [6, 6.07) is 15.9. The monoisotopic (exact) mass is 402 g/mol. The van der Waals surface area contributed by atoms with Gasteiger partial charge in [0.2, 0.25) is 5.95 Å². The molecular formula is C21H18N6OS. The minimum absolute atomic E-state index is 0.143. The number of rotatable bonds is 6. The summed E-state index contributed by atoms with van der Waals surface area (Å²) in [6.45, 7) is 0.143. The number of nitrogens with zero attached hydrogens (tertiary/aromatic N) is 3. The standard InChI is InChI=1S/C21H18N6OS/c28-9-7-13-1-3-15(4-2-13)24-21-25-18-8-10-29-19(18)20(26-21)23-16-5-6-17-14(11-16)12-22-27-17/h1-6,8,10-12,28H,7,9H2,(H,22,27)(H2,23,24,25,26). The van der Waals surface area contributed by atoms with Gasteiger partial charge in [0.25, 0.3) is 0 Å². The molecule has 0 unspecified atom stereocenters. The molecule has 0 bridgehead atoms. The predicted molar refractivity (Wildman–Crippen MR) is 117 cm³/mol. The zero-order valence-corrected chi connectivity index (χ0v) is 16.2. The fourth-order valence-corrected chi connectivity index (χ4v) is 3.95. The molecule has 0 spiro atoms. The molecule has 5 aromatic rings. The van der Waals surface area contributed by atoms with E-state index in [2.05, 4.69) is 25.8 Å². The van der Waals surface area contributed by atoms with Gasteiger partial charge in [-0.3, -0.25) is 5.10 Å². The summed E-state index contributed by atoms with van der Waals surface area (Å²) in [6.07, 6.45) is 2.45. The van der Waals surface area contributed by atoms with Gasteiger partial charge in [0.15, 0.2) is 5.82 Å². The highest BCUT2D eigenvalue weighted by atomic mass is 32.1. The van der Waals surface area contributed by atoms with Crippen LogP contribution in [0, 0.1) is 0 Å². The van der Waals surface area contributed by atoms with Crippen molar-refractivity contribution in [3.05, 3.63) is 65.7 Å². The summed E-state index contributed by atoms with van der Waals surface area (Å²) >= 11 is 1.60. The summed E-state index contributed by atoms with van der Waals surface area (Å²) in [5.41, 5.74) is 4.80. The third-order valence-corrected chi connectivity index (χ3v) is 5.53. The summed E-state index contributed by atoms with van der Waals surface area (Å²) in [4.78, 5) is 9.33. The number of hydrogen-bond donors (Lipinski definition) is 4. The van der Waals surface area contributed by atoms with Crippen molar-refractivity contribution >= 4 is 55.6 Å². The van der Waals surface area contributed by atoms with Gasteiger partial charge < -0.3 is 15.7 Å². The van der Waals surface area contributed by atoms with E-state index in [4.69, 9.17) is 10.1 Å². The molecule has 0 radical (unpaired) electrons. The van der Waals surface area contributed by atoms with E-state index in [9.17, 15) is 0 Å². The zero-order chi connectivity index (χ0) is 19.6. The fraction of sp³-hybridized carbons (Fsp3) is 0.0952. The van der Waals surface area contributed by atoms with Crippen LogP contribution in [-0.4, -0.2) is 31.9 Å². The van der Waals surface area contributed by atoms with Crippen LogP contribution in [-0.2, 0) is 6.42 Å². The molecule has 0 aliphatic carbocycles. The Kier molecular flexibility index (Phi) is 4.55. The van der Waals surface area contributed by atoms with Gasteiger partial charge in [-0.1, -0.05) is 12.1 Å². The van der Waals surface area contributed by atoms with E-state index < -0.39 is 0 Å². The average Bonchev–Trinajstić information content (AvgIpc) is 3.38. The number of anilines is 4. The maximum Gasteiger partial charge on any atom is 0.229 e. The number of aromatic amines is 1. The molecule has 8 heteroatoms. The lowest BCUT2D eigenvalue weighted by molar-refractivity contribution is 0.299. The van der Waals surface area contributed by atoms with Crippen molar-refractivity contribution in [2.75, 3.05) is 17.2 Å². The van der Waals surface area contributed by atoms with Gasteiger partial charge in [-0.25, -0.2) is 4.98 Å². The number of aliphatic hydroxyl groups is 1. The number of hydrogen-bond acceptors (Lipinski definition) is 7. The number of fused-ring (bicyclic) bond motifs is 2. The summed E-state index contributed by atoms with van der Waals surface area (Å²) < 4.78 is 1.00. The van der Waals surface area contributed by atoms with E-state index in [0.29, 0.717) is 12.4 Å². The summed E-state index contributed by atoms with van der Waals surface area (Å²) in [5.74, 6) is 1.28. The van der Waals surface area contributed by atoms with Gasteiger partial charge in [0, 0.05) is 23.4 Å². The lowest BCUT2D eigenvalue weighted by Gasteiger charge is -2.10. The minimum Gasteiger partial charge on any atom is -0.396 e. The Morgan fingerprint density at radius 2 is 1.83 bits per heavy atom. The maximum atomic E-state index is 9.06. The van der Waals surface area contributed by atoms with E-state index in [1.807, 2.05) is 53.9 Å². The van der Waals surface area contributed by atoms with Crippen molar-refractivity contribution in [2.45, 2.75) is 6.42 Å². The van der Waals surface area contributed by atoms with Crippen LogP contribution in [0.25, 0.3) is 21.1 Å². The van der Waals surface area contributed by atoms with Crippen molar-refractivity contribution in [1.29, 1.82) is 0 Å². The van der Waals surface area contributed by atoms with E-state index in [1.54, 1.807) is 17.5 Å². The van der Waals surface area contributed by atoms with Crippen LogP contribution in [0.1, 0.15) is 5.56 Å². The second-order valence-corrected chi connectivity index (χ2v) is 7.54. The molecule has 0 aliphatic rings. The average molecular weight is 402 g/mol. The molecule has 0 saturated carbocycles. The van der Waals surface area contributed by atoms with E-state index in [1.165, 1.54) is 0 Å². The second-order valence-electron chi connectivity index (χ2n) is 6.62. The van der Waals surface area contributed by atoms with Gasteiger partial charge in [-0.2, -0.15) is 10.1 Å². The third kappa shape index (κ3) is 3.63. The molecule has 0 amide bonds. The number of thiophene rings is 1. The number of benzene rings is 2. The molecule has 0 aliphatic heterocycles. The Morgan fingerprint density at radius 1 is 0.966 bits per heavy atom. The first-order chi connectivity index (χ1) is 14.3. The minimum atomic E-state index is 0.143. The molecule has 2 aromatic carbocycles. The topological polar surface area (TPSA) is 98.8 Å². The van der Waals surface area contributed by atoms with E-state index in [-0.39, 0.29) is 6.61 Å². The Balaban J connectivity index is 1.46. The van der Waals surface area contributed by atoms with Gasteiger partial charge in [-0.15, -0.1) is 11.3 Å². The maximum absolute atomic E-state index is 9.06. The number of aromatic nitrogens is 4. The van der Waals surface area contributed by atoms with Crippen LogP contribution in [0.4, 0.5) is 23.1 Å². The first-order valence-electron chi connectivity index (χ1n) is 9.21. The Bertz CT molecular complexity index is 1280. The molecule has 0 atom stereocenters. The van der Waals surface area contributed by atoms with Crippen molar-refractivity contribution < 1.29 is 5.11 Å². The quantitative estimate of drug-likeness (QED) is 0.332. The van der Waals surface area contributed by atoms with Gasteiger partial charge in [0.1, 0.15) is 0 Å². The predicted octanol–water partition coefficient (Wildman–Crippen LogP) is 4.59. The lowest BCUT2D eigenvalue weighted by Crippen LogP contribution is -2.01. The number of H-pyrrole nitrogens is 1. The number of aliphatic hydroxyl groups excluding tert-OH is 1. The fourth-order valence-electron chi connectivity index (χ4n) is 3.17. The highest BCUT2D eigenvalue weighted by Crippen LogP contribution is 2.31. The SMILES string of the molecule is OCCc1ccc(Nc2nc(Nc3ccc4[nH]ncc4c3)c3sccc3n2)cc1. The molecule has 3 aromatic heterocycles. The van der Waals surface area contributed by atoms with Gasteiger partial charge in [-0.05, 0) is 53.8 Å². The summed E-state index contributed by atoms with van der Waals surface area (Å²) in [5, 5.41) is 25.8. The first-order valence-corrected chi connectivity index (χ1v) is 10.1. The van der Waals surface area contributed by atoms with Crippen molar-refractivity contribution in [2.24, 2.45) is 0 Å². The van der Waals surface area contributed by atoms with Crippen LogP contribution >= 0.6 is 11.3 Å². The smallest absolute Gasteiger partial charge is 0.229 e. The van der Waals surface area contributed by atoms with Gasteiger partial charge >= 0.3 is 0 Å². The largest absolute Gasteiger partial charge is 0.396 e. The zero-order valence-electron chi connectivity index (χ0n) is 15.4. The van der Waals surface area contributed by atoms with Crippen LogP contribution in [0.15, 0.2) is 60.1 Å². The first kappa shape index (κ1) is 17.6. The molecule has 29 heavy (non-hydrogen) atoms. The van der Waals surface area contributed by atoms with Crippen molar-refractivity contribution in [3.63, 3.8) is 0 Å². The molecular weight excluding hydrogens is 384 g/mol. The Morgan fingerprint density at radius 3 is 2.69 bits per heavy atom. The second kappa shape index (κ2) is 7.50. The highest BCUT2D eigenvalue weighted by Gasteiger charge is 2.10. The molecule has 7 nitrogen and oxygen atoms in total. The lowest BCUT2D eigenvalue weighted by atomic mass is 10.1. The van der Waals surface area contributed by atoms with E-state index >= 15 is 0 Å². The Hall–Kier alpha value is -3.49. The highest BCUT2D eigenvalue weighted by molar-refractivity contribution is 7.17. The van der Waals surface area contributed by atoms with Crippen LogP contribution in [0.3, 0.4) is 0 Å². The molecule has 144 valence electrons. The number of nitrogens with one attached hydrogen (secondary N) is 3. The summed E-state index contributed by atoms with van der Waals surface area (Å²) in [7, 11) is 0.